The molecule has 0 fully saturated rings. The van der Waals surface area contributed by atoms with Crippen LogP contribution in [-0.4, -0.2) is 26.1 Å². The molecule has 1 heterocycles. The SMILES string of the molecule is COC(=O)C1=C(C)N(c2ccc(Cl)cc2)C(=O)/C1=C\c1ccccc1OC. The molecule has 0 aromatic heterocycles. The minimum Gasteiger partial charge on any atom is -0.496 e. The van der Waals surface area contributed by atoms with Crippen molar-refractivity contribution in [2.24, 2.45) is 0 Å². The zero-order chi connectivity index (χ0) is 19.6. The fourth-order valence-electron chi connectivity index (χ4n) is 3.02. The van der Waals surface area contributed by atoms with E-state index >= 15 is 0 Å². The molecule has 2 aromatic carbocycles. The van der Waals surface area contributed by atoms with Gasteiger partial charge in [0.15, 0.2) is 0 Å². The van der Waals surface area contributed by atoms with E-state index in [1.165, 1.54) is 12.0 Å². The van der Waals surface area contributed by atoms with E-state index in [1.54, 1.807) is 50.4 Å². The Bertz CT molecular complexity index is 960. The van der Waals surface area contributed by atoms with Gasteiger partial charge in [-0.3, -0.25) is 9.69 Å². The number of allylic oxidation sites excluding steroid dienone is 1. The van der Waals surface area contributed by atoms with Gasteiger partial charge in [0.25, 0.3) is 5.91 Å². The van der Waals surface area contributed by atoms with Gasteiger partial charge in [-0.25, -0.2) is 4.79 Å². The number of amides is 1. The average Bonchev–Trinajstić information content (AvgIpc) is 2.92. The van der Waals surface area contributed by atoms with Crippen molar-refractivity contribution in [1.29, 1.82) is 0 Å². The van der Waals surface area contributed by atoms with Crippen LogP contribution in [0.2, 0.25) is 5.02 Å². The van der Waals surface area contributed by atoms with Crippen LogP contribution in [0.4, 0.5) is 5.69 Å². The van der Waals surface area contributed by atoms with Crippen molar-refractivity contribution >= 4 is 35.2 Å². The van der Waals surface area contributed by atoms with Gasteiger partial charge >= 0.3 is 5.97 Å². The summed E-state index contributed by atoms with van der Waals surface area (Å²) >= 11 is 5.95. The molecule has 3 rings (SSSR count). The predicted octanol–water partition coefficient (Wildman–Crippen LogP) is 4.23. The van der Waals surface area contributed by atoms with Crippen LogP contribution >= 0.6 is 11.6 Å². The first kappa shape index (κ1) is 18.7. The number of hydrogen-bond acceptors (Lipinski definition) is 4. The lowest BCUT2D eigenvalue weighted by molar-refractivity contribution is -0.136. The second kappa shape index (κ2) is 7.68. The van der Waals surface area contributed by atoms with Gasteiger partial charge in [-0.15, -0.1) is 0 Å². The highest BCUT2D eigenvalue weighted by Gasteiger charge is 2.38. The van der Waals surface area contributed by atoms with Crippen molar-refractivity contribution in [1.82, 2.24) is 0 Å². The summed E-state index contributed by atoms with van der Waals surface area (Å²) in [4.78, 5) is 27.1. The number of anilines is 1. The number of hydrogen-bond donors (Lipinski definition) is 0. The molecule has 0 saturated carbocycles. The van der Waals surface area contributed by atoms with Crippen LogP contribution in [0, 0.1) is 0 Å². The Labute approximate surface area is 162 Å². The number of methoxy groups -OCH3 is 2. The average molecular weight is 384 g/mol. The molecule has 27 heavy (non-hydrogen) atoms. The van der Waals surface area contributed by atoms with Crippen molar-refractivity contribution in [2.45, 2.75) is 6.92 Å². The summed E-state index contributed by atoms with van der Waals surface area (Å²) in [6.07, 6.45) is 1.65. The van der Waals surface area contributed by atoms with Crippen molar-refractivity contribution in [3.63, 3.8) is 0 Å². The number of ether oxygens (including phenoxy) is 2. The van der Waals surface area contributed by atoms with Gasteiger partial charge in [-0.1, -0.05) is 29.8 Å². The molecule has 138 valence electrons. The topological polar surface area (TPSA) is 55.8 Å². The smallest absolute Gasteiger partial charge is 0.340 e. The van der Waals surface area contributed by atoms with E-state index in [4.69, 9.17) is 21.1 Å². The molecule has 0 spiro atoms. The number of para-hydroxylation sites is 1. The Hall–Kier alpha value is -3.05. The molecule has 1 amide bonds. The van der Waals surface area contributed by atoms with Crippen molar-refractivity contribution in [2.75, 3.05) is 19.1 Å². The molecule has 6 heteroatoms. The first-order chi connectivity index (χ1) is 13.0. The van der Waals surface area contributed by atoms with Gasteiger partial charge in [0.05, 0.1) is 25.4 Å². The molecule has 0 N–H and O–H groups in total. The Morgan fingerprint density at radius 3 is 2.37 bits per heavy atom. The van der Waals surface area contributed by atoms with E-state index < -0.39 is 5.97 Å². The van der Waals surface area contributed by atoms with Crippen LogP contribution in [0.3, 0.4) is 0 Å². The monoisotopic (exact) mass is 383 g/mol. The standard InChI is InChI=1S/C21H18ClNO4/c1-13-19(21(25)27-3)17(12-14-6-4-5-7-18(14)26-2)20(24)23(13)16-10-8-15(22)9-11-16/h4-12H,1-3H3/b17-12-. The summed E-state index contributed by atoms with van der Waals surface area (Å²) in [5.74, 6) is -0.288. The Balaban J connectivity index is 2.16. The third-order valence-corrected chi connectivity index (χ3v) is 4.57. The van der Waals surface area contributed by atoms with Crippen molar-refractivity contribution in [3.05, 3.63) is 76.0 Å². The van der Waals surface area contributed by atoms with Gasteiger partial charge in [0, 0.05) is 22.0 Å². The van der Waals surface area contributed by atoms with Crippen molar-refractivity contribution in [3.8, 4) is 5.75 Å². The minimum absolute atomic E-state index is 0.225. The van der Waals surface area contributed by atoms with Crippen molar-refractivity contribution < 1.29 is 19.1 Å². The number of benzene rings is 2. The number of rotatable bonds is 4. The van der Waals surface area contributed by atoms with E-state index in [2.05, 4.69) is 0 Å². The summed E-state index contributed by atoms with van der Waals surface area (Å²) < 4.78 is 10.3. The molecule has 0 saturated heterocycles. The highest BCUT2D eigenvalue weighted by atomic mass is 35.5. The lowest BCUT2D eigenvalue weighted by Crippen LogP contribution is -2.24. The Morgan fingerprint density at radius 2 is 1.74 bits per heavy atom. The fraction of sp³-hybridized carbons (Fsp3) is 0.143. The summed E-state index contributed by atoms with van der Waals surface area (Å²) in [7, 11) is 2.84. The zero-order valence-corrected chi connectivity index (χ0v) is 15.9. The van der Waals surface area contributed by atoms with Crippen LogP contribution in [0.5, 0.6) is 5.75 Å². The molecule has 0 atom stereocenters. The summed E-state index contributed by atoms with van der Waals surface area (Å²) in [5.41, 5.74) is 2.28. The maximum atomic E-state index is 13.2. The molecule has 0 unspecified atom stereocenters. The lowest BCUT2D eigenvalue weighted by Gasteiger charge is -2.18. The molecular weight excluding hydrogens is 366 g/mol. The molecule has 0 radical (unpaired) electrons. The first-order valence-corrected chi connectivity index (χ1v) is 8.60. The van der Waals surface area contributed by atoms with Gasteiger partial charge in [-0.2, -0.15) is 0 Å². The highest BCUT2D eigenvalue weighted by Crippen LogP contribution is 2.36. The maximum absolute atomic E-state index is 13.2. The second-order valence-electron chi connectivity index (χ2n) is 5.87. The zero-order valence-electron chi connectivity index (χ0n) is 15.2. The van der Waals surface area contributed by atoms with Crippen LogP contribution in [0.25, 0.3) is 6.08 Å². The van der Waals surface area contributed by atoms with Crippen LogP contribution in [0.15, 0.2) is 65.4 Å². The second-order valence-corrected chi connectivity index (χ2v) is 6.31. The normalized spacial score (nSPS) is 15.5. The third kappa shape index (κ3) is 3.46. The molecule has 0 aliphatic carbocycles. The molecule has 2 aromatic rings. The molecular formula is C21H18ClNO4. The van der Waals surface area contributed by atoms with Crippen LogP contribution < -0.4 is 9.64 Å². The molecule has 5 nitrogen and oxygen atoms in total. The summed E-state index contributed by atoms with van der Waals surface area (Å²) in [6, 6.07) is 14.1. The quantitative estimate of drug-likeness (QED) is 0.585. The predicted molar refractivity (Wildman–Crippen MR) is 105 cm³/mol. The minimum atomic E-state index is -0.571. The largest absolute Gasteiger partial charge is 0.496 e. The molecule has 1 aliphatic rings. The highest BCUT2D eigenvalue weighted by molar-refractivity contribution is 6.30. The van der Waals surface area contributed by atoms with E-state index in [1.807, 2.05) is 18.2 Å². The maximum Gasteiger partial charge on any atom is 0.340 e. The van der Waals surface area contributed by atoms with Crippen LogP contribution in [0.1, 0.15) is 12.5 Å². The Morgan fingerprint density at radius 1 is 1.07 bits per heavy atom. The van der Waals surface area contributed by atoms with Crippen LogP contribution in [-0.2, 0) is 14.3 Å². The van der Waals surface area contributed by atoms with E-state index in [9.17, 15) is 9.59 Å². The first-order valence-electron chi connectivity index (χ1n) is 8.22. The van der Waals surface area contributed by atoms with E-state index in [0.717, 1.165) is 0 Å². The molecule has 1 aliphatic heterocycles. The van der Waals surface area contributed by atoms with Gasteiger partial charge in [-0.05, 0) is 43.3 Å². The summed E-state index contributed by atoms with van der Waals surface area (Å²) in [6.45, 7) is 1.71. The Kier molecular flexibility index (Phi) is 5.33. The number of halogens is 1. The van der Waals surface area contributed by atoms with E-state index in [0.29, 0.717) is 27.7 Å². The fourth-order valence-corrected chi connectivity index (χ4v) is 3.15. The van der Waals surface area contributed by atoms with Gasteiger partial charge in [0.2, 0.25) is 0 Å². The number of esters is 1. The number of carbonyl (C=O) groups excluding carboxylic acids is 2. The number of nitrogens with zero attached hydrogens (tertiary/aromatic N) is 1. The number of carbonyl (C=O) groups is 2. The third-order valence-electron chi connectivity index (χ3n) is 4.31. The van der Waals surface area contributed by atoms with E-state index in [-0.39, 0.29) is 17.1 Å². The summed E-state index contributed by atoms with van der Waals surface area (Å²) in [5, 5.41) is 0.560. The van der Waals surface area contributed by atoms with Gasteiger partial charge < -0.3 is 9.47 Å². The van der Waals surface area contributed by atoms with Gasteiger partial charge in [0.1, 0.15) is 5.75 Å². The lowest BCUT2D eigenvalue weighted by atomic mass is 10.0. The molecule has 0 bridgehead atoms.